The molecule has 0 saturated carbocycles. The van der Waals surface area contributed by atoms with Gasteiger partial charge < -0.3 is 10.6 Å². The number of hydrogen-bond acceptors (Lipinski definition) is 2. The van der Waals surface area contributed by atoms with Crippen LogP contribution in [0, 0.1) is 6.92 Å². The van der Waals surface area contributed by atoms with Crippen molar-refractivity contribution in [3.63, 3.8) is 0 Å². The Balaban J connectivity index is 2.08. The molecule has 1 atom stereocenters. The van der Waals surface area contributed by atoms with Gasteiger partial charge in [-0.3, -0.25) is 9.59 Å². The molecule has 0 heterocycles. The van der Waals surface area contributed by atoms with Crippen LogP contribution >= 0.6 is 11.6 Å². The molecule has 0 saturated heterocycles. The molecule has 2 aromatic carbocycles. The van der Waals surface area contributed by atoms with E-state index in [1.165, 1.54) is 0 Å². The second-order valence-corrected chi connectivity index (χ2v) is 6.82. The van der Waals surface area contributed by atoms with Crippen molar-refractivity contribution in [1.82, 2.24) is 5.32 Å². The van der Waals surface area contributed by atoms with Crippen molar-refractivity contribution < 1.29 is 9.59 Å². The Labute approximate surface area is 153 Å². The van der Waals surface area contributed by atoms with Gasteiger partial charge in [-0.15, -0.1) is 0 Å². The predicted octanol–water partition coefficient (Wildman–Crippen LogP) is 4.53. The third-order valence-corrected chi connectivity index (χ3v) is 4.27. The van der Waals surface area contributed by atoms with Crippen LogP contribution < -0.4 is 10.6 Å². The lowest BCUT2D eigenvalue weighted by Crippen LogP contribution is -2.41. The Morgan fingerprint density at radius 2 is 1.64 bits per heavy atom. The van der Waals surface area contributed by atoms with E-state index in [4.69, 9.17) is 11.6 Å². The summed E-state index contributed by atoms with van der Waals surface area (Å²) < 4.78 is 0. The zero-order chi connectivity index (χ0) is 18.6. The van der Waals surface area contributed by atoms with E-state index in [0.717, 1.165) is 16.8 Å². The molecule has 2 rings (SSSR count). The molecule has 4 nitrogen and oxygen atoms in total. The van der Waals surface area contributed by atoms with Crippen molar-refractivity contribution in [3.05, 3.63) is 64.2 Å². The van der Waals surface area contributed by atoms with Crippen LogP contribution in [-0.4, -0.2) is 17.9 Å². The summed E-state index contributed by atoms with van der Waals surface area (Å²) in [7, 11) is 0. The third-order valence-electron chi connectivity index (χ3n) is 4.02. The van der Waals surface area contributed by atoms with E-state index in [0.29, 0.717) is 10.6 Å². The maximum atomic E-state index is 12.5. The molecule has 0 aromatic heterocycles. The first kappa shape index (κ1) is 19.0. The van der Waals surface area contributed by atoms with E-state index in [2.05, 4.69) is 24.5 Å². The summed E-state index contributed by atoms with van der Waals surface area (Å²) in [5, 5.41) is 6.22. The summed E-state index contributed by atoms with van der Waals surface area (Å²) in [6.07, 6.45) is 0. The normalized spacial score (nSPS) is 11.9. The molecule has 0 bridgehead atoms. The molecule has 1 unspecified atom stereocenters. The molecule has 2 aromatic rings. The zero-order valence-corrected chi connectivity index (χ0v) is 15.6. The molecule has 0 aliphatic carbocycles. The standard InChI is InChI=1S/C20H23ClN2O2/c1-12(2)17-7-5-6-13(3)18(17)23-19(24)14(4)22-20(25)15-8-10-16(21)11-9-15/h5-12,14H,1-4H3,(H,22,25)(H,23,24). The molecule has 132 valence electrons. The Morgan fingerprint density at radius 1 is 1.00 bits per heavy atom. The van der Waals surface area contributed by atoms with Gasteiger partial charge in [-0.05, 0) is 55.2 Å². The van der Waals surface area contributed by atoms with Gasteiger partial charge >= 0.3 is 0 Å². The molecule has 0 spiro atoms. The number of halogens is 1. The number of hydrogen-bond donors (Lipinski definition) is 2. The predicted molar refractivity (Wildman–Crippen MR) is 102 cm³/mol. The number of amides is 2. The molecular weight excluding hydrogens is 336 g/mol. The number of anilines is 1. The van der Waals surface area contributed by atoms with Gasteiger partial charge in [0.05, 0.1) is 0 Å². The molecule has 2 amide bonds. The van der Waals surface area contributed by atoms with Gasteiger partial charge in [-0.2, -0.15) is 0 Å². The number of benzene rings is 2. The molecule has 2 N–H and O–H groups in total. The van der Waals surface area contributed by atoms with Crippen LogP contribution in [0.1, 0.15) is 48.2 Å². The van der Waals surface area contributed by atoms with Crippen molar-refractivity contribution in [2.45, 2.75) is 39.7 Å². The van der Waals surface area contributed by atoms with Gasteiger partial charge in [0.1, 0.15) is 6.04 Å². The van der Waals surface area contributed by atoms with E-state index in [9.17, 15) is 9.59 Å². The second kappa shape index (κ2) is 8.17. The van der Waals surface area contributed by atoms with E-state index < -0.39 is 6.04 Å². The fourth-order valence-electron chi connectivity index (χ4n) is 2.52. The van der Waals surface area contributed by atoms with Gasteiger partial charge in [-0.25, -0.2) is 0 Å². The van der Waals surface area contributed by atoms with Crippen molar-refractivity contribution in [1.29, 1.82) is 0 Å². The minimum Gasteiger partial charge on any atom is -0.341 e. The first-order valence-corrected chi connectivity index (χ1v) is 8.64. The minimum atomic E-state index is -0.664. The van der Waals surface area contributed by atoms with Crippen LogP contribution in [0.15, 0.2) is 42.5 Å². The van der Waals surface area contributed by atoms with E-state index in [-0.39, 0.29) is 17.7 Å². The molecule has 0 aliphatic rings. The van der Waals surface area contributed by atoms with Crippen molar-refractivity contribution in [3.8, 4) is 0 Å². The van der Waals surface area contributed by atoms with Gasteiger partial charge in [0.15, 0.2) is 0 Å². The number of para-hydroxylation sites is 1. The van der Waals surface area contributed by atoms with Gasteiger partial charge in [0, 0.05) is 16.3 Å². The zero-order valence-electron chi connectivity index (χ0n) is 14.9. The number of nitrogens with one attached hydrogen (secondary N) is 2. The summed E-state index contributed by atoms with van der Waals surface area (Å²) in [4.78, 5) is 24.7. The number of carbonyl (C=O) groups excluding carboxylic acids is 2. The molecule has 0 aliphatic heterocycles. The average Bonchev–Trinajstić information content (AvgIpc) is 2.56. The average molecular weight is 359 g/mol. The maximum absolute atomic E-state index is 12.5. The maximum Gasteiger partial charge on any atom is 0.251 e. The van der Waals surface area contributed by atoms with Crippen molar-refractivity contribution >= 4 is 29.1 Å². The molecule has 25 heavy (non-hydrogen) atoms. The van der Waals surface area contributed by atoms with Crippen LogP contribution in [-0.2, 0) is 4.79 Å². The first-order chi connectivity index (χ1) is 11.8. The Bertz CT molecular complexity index is 770. The topological polar surface area (TPSA) is 58.2 Å². The summed E-state index contributed by atoms with van der Waals surface area (Å²) >= 11 is 5.82. The van der Waals surface area contributed by atoms with Gasteiger partial charge in [-0.1, -0.05) is 43.6 Å². The Hall–Kier alpha value is -2.33. The SMILES string of the molecule is Cc1cccc(C(C)C)c1NC(=O)C(C)NC(=O)c1ccc(Cl)cc1. The summed E-state index contributed by atoms with van der Waals surface area (Å²) in [6, 6.07) is 11.8. The summed E-state index contributed by atoms with van der Waals surface area (Å²) in [5.41, 5.74) is 3.35. The van der Waals surface area contributed by atoms with Crippen molar-refractivity contribution in [2.75, 3.05) is 5.32 Å². The second-order valence-electron chi connectivity index (χ2n) is 6.39. The van der Waals surface area contributed by atoms with Crippen LogP contribution in [0.3, 0.4) is 0 Å². The number of rotatable bonds is 5. The highest BCUT2D eigenvalue weighted by Crippen LogP contribution is 2.27. The quantitative estimate of drug-likeness (QED) is 0.825. The van der Waals surface area contributed by atoms with Crippen LogP contribution in [0.25, 0.3) is 0 Å². The molecular formula is C20H23ClN2O2. The third kappa shape index (κ3) is 4.83. The van der Waals surface area contributed by atoms with Crippen LogP contribution in [0.4, 0.5) is 5.69 Å². The first-order valence-electron chi connectivity index (χ1n) is 8.26. The number of aryl methyl sites for hydroxylation is 1. The van der Waals surface area contributed by atoms with Gasteiger partial charge in [0.2, 0.25) is 5.91 Å². The highest BCUT2D eigenvalue weighted by atomic mass is 35.5. The molecule has 5 heteroatoms. The Morgan fingerprint density at radius 3 is 2.24 bits per heavy atom. The van der Waals surface area contributed by atoms with Crippen LogP contribution in [0.2, 0.25) is 5.02 Å². The number of carbonyl (C=O) groups is 2. The lowest BCUT2D eigenvalue weighted by molar-refractivity contribution is -0.117. The van der Waals surface area contributed by atoms with E-state index >= 15 is 0 Å². The largest absolute Gasteiger partial charge is 0.341 e. The fourth-order valence-corrected chi connectivity index (χ4v) is 2.65. The summed E-state index contributed by atoms with van der Waals surface area (Å²) in [6.45, 7) is 7.78. The lowest BCUT2D eigenvalue weighted by Gasteiger charge is -2.19. The van der Waals surface area contributed by atoms with E-state index in [1.54, 1.807) is 31.2 Å². The van der Waals surface area contributed by atoms with E-state index in [1.807, 2.05) is 25.1 Å². The highest BCUT2D eigenvalue weighted by molar-refractivity contribution is 6.30. The van der Waals surface area contributed by atoms with Gasteiger partial charge in [0.25, 0.3) is 5.91 Å². The lowest BCUT2D eigenvalue weighted by atomic mass is 9.98. The highest BCUT2D eigenvalue weighted by Gasteiger charge is 2.19. The molecule has 0 fully saturated rings. The monoisotopic (exact) mass is 358 g/mol. The van der Waals surface area contributed by atoms with Crippen molar-refractivity contribution in [2.24, 2.45) is 0 Å². The smallest absolute Gasteiger partial charge is 0.251 e. The molecule has 0 radical (unpaired) electrons. The fraction of sp³-hybridized carbons (Fsp3) is 0.300. The van der Waals surface area contributed by atoms with Crippen LogP contribution in [0.5, 0.6) is 0 Å². The summed E-state index contributed by atoms with van der Waals surface area (Å²) in [5.74, 6) is -0.277. The minimum absolute atomic E-state index is 0.251. The Kier molecular flexibility index (Phi) is 6.21.